The normalized spacial score (nSPS) is 10.4. The van der Waals surface area contributed by atoms with Gasteiger partial charge in [0.1, 0.15) is 0 Å². The minimum Gasteiger partial charge on any atom is -0.330 e. The van der Waals surface area contributed by atoms with E-state index in [9.17, 15) is 0 Å². The molecule has 0 saturated heterocycles. The van der Waals surface area contributed by atoms with Gasteiger partial charge < -0.3 is 5.73 Å². The summed E-state index contributed by atoms with van der Waals surface area (Å²) in [5.41, 5.74) is 7.55. The van der Waals surface area contributed by atoms with Crippen LogP contribution < -0.4 is 5.73 Å². The molecule has 4 heteroatoms. The molecule has 0 aliphatic rings. The molecule has 1 heterocycles. The Morgan fingerprint density at radius 1 is 1.19 bits per heavy atom. The first-order chi connectivity index (χ1) is 7.79. The van der Waals surface area contributed by atoms with Crippen molar-refractivity contribution < 1.29 is 0 Å². The molecule has 2 aromatic rings. The first-order valence-electron chi connectivity index (χ1n) is 5.06. The lowest BCUT2D eigenvalue weighted by Gasteiger charge is -2.02. The molecule has 0 bridgehead atoms. The molecular weight excluding hydrogens is 266 g/mol. The van der Waals surface area contributed by atoms with E-state index in [2.05, 4.69) is 25.9 Å². The lowest BCUT2D eigenvalue weighted by molar-refractivity contribution is 0.943. The molecule has 2 N–H and O–H groups in total. The summed E-state index contributed by atoms with van der Waals surface area (Å²) in [5.74, 6) is 0.738. The van der Waals surface area contributed by atoms with Crippen molar-refractivity contribution in [1.82, 2.24) is 9.97 Å². The van der Waals surface area contributed by atoms with Crippen LogP contribution in [0.15, 0.2) is 41.1 Å². The summed E-state index contributed by atoms with van der Waals surface area (Å²) in [6.45, 7) is 0.625. The van der Waals surface area contributed by atoms with Crippen LogP contribution in [0.4, 0.5) is 0 Å². The van der Waals surface area contributed by atoms with Gasteiger partial charge in [-0.05, 0) is 30.7 Å². The van der Waals surface area contributed by atoms with Crippen LogP contribution in [0.3, 0.4) is 0 Å². The molecule has 0 aliphatic carbocycles. The molecule has 0 spiro atoms. The van der Waals surface area contributed by atoms with Crippen molar-refractivity contribution in [3.8, 4) is 11.4 Å². The van der Waals surface area contributed by atoms with Gasteiger partial charge in [0.05, 0.1) is 0 Å². The molecule has 0 aliphatic heterocycles. The molecule has 82 valence electrons. The second-order valence-electron chi connectivity index (χ2n) is 3.46. The molecular formula is C12H12BrN3. The van der Waals surface area contributed by atoms with Crippen LogP contribution in [0.5, 0.6) is 0 Å². The van der Waals surface area contributed by atoms with E-state index in [0.717, 1.165) is 27.8 Å². The highest BCUT2D eigenvalue weighted by atomic mass is 79.9. The van der Waals surface area contributed by atoms with Crippen LogP contribution in [-0.4, -0.2) is 16.5 Å². The van der Waals surface area contributed by atoms with Crippen LogP contribution in [-0.2, 0) is 6.42 Å². The zero-order chi connectivity index (χ0) is 11.4. The van der Waals surface area contributed by atoms with Gasteiger partial charge in [0.25, 0.3) is 0 Å². The Bertz CT molecular complexity index is 468. The van der Waals surface area contributed by atoms with Crippen LogP contribution in [0.25, 0.3) is 11.4 Å². The van der Waals surface area contributed by atoms with Crippen molar-refractivity contribution in [2.75, 3.05) is 6.54 Å². The summed E-state index contributed by atoms with van der Waals surface area (Å²) in [5, 5.41) is 0. The second kappa shape index (κ2) is 5.18. The van der Waals surface area contributed by atoms with E-state index in [1.807, 2.05) is 36.7 Å². The highest BCUT2D eigenvalue weighted by Gasteiger charge is 2.01. The van der Waals surface area contributed by atoms with E-state index in [1.165, 1.54) is 0 Å². The Balaban J connectivity index is 2.27. The van der Waals surface area contributed by atoms with Gasteiger partial charge in [0.2, 0.25) is 0 Å². The molecule has 2 rings (SSSR count). The van der Waals surface area contributed by atoms with Crippen LogP contribution in [0, 0.1) is 0 Å². The number of nitrogens with two attached hydrogens (primary N) is 1. The number of hydrogen-bond donors (Lipinski definition) is 1. The molecule has 3 nitrogen and oxygen atoms in total. The average Bonchev–Trinajstić information content (AvgIpc) is 2.30. The van der Waals surface area contributed by atoms with Crippen molar-refractivity contribution in [3.05, 3.63) is 46.7 Å². The number of benzene rings is 1. The van der Waals surface area contributed by atoms with Gasteiger partial charge in [-0.2, -0.15) is 0 Å². The predicted molar refractivity (Wildman–Crippen MR) is 67.9 cm³/mol. The predicted octanol–water partition coefficient (Wildman–Crippen LogP) is 2.41. The van der Waals surface area contributed by atoms with E-state index >= 15 is 0 Å². The molecule has 0 atom stereocenters. The zero-order valence-electron chi connectivity index (χ0n) is 8.73. The fraction of sp³-hybridized carbons (Fsp3) is 0.167. The first kappa shape index (κ1) is 11.2. The minimum absolute atomic E-state index is 0.625. The quantitative estimate of drug-likeness (QED) is 0.938. The molecule has 1 aromatic carbocycles. The number of nitrogens with zero attached hydrogens (tertiary/aromatic N) is 2. The highest BCUT2D eigenvalue weighted by Crippen LogP contribution is 2.19. The molecule has 0 amide bonds. The van der Waals surface area contributed by atoms with Gasteiger partial charge in [-0.25, -0.2) is 9.97 Å². The van der Waals surface area contributed by atoms with Crippen LogP contribution >= 0.6 is 15.9 Å². The third-order valence-electron chi connectivity index (χ3n) is 2.22. The number of aromatic nitrogens is 2. The Hall–Kier alpha value is -1.26. The number of rotatable bonds is 3. The van der Waals surface area contributed by atoms with E-state index in [0.29, 0.717) is 6.54 Å². The molecule has 0 saturated carbocycles. The van der Waals surface area contributed by atoms with E-state index in [-0.39, 0.29) is 0 Å². The van der Waals surface area contributed by atoms with Gasteiger partial charge in [-0.3, -0.25) is 0 Å². The van der Waals surface area contributed by atoms with E-state index < -0.39 is 0 Å². The summed E-state index contributed by atoms with van der Waals surface area (Å²) < 4.78 is 1.03. The van der Waals surface area contributed by atoms with Gasteiger partial charge in [0, 0.05) is 22.4 Å². The number of hydrogen-bond acceptors (Lipinski definition) is 3. The average molecular weight is 278 g/mol. The van der Waals surface area contributed by atoms with Crippen molar-refractivity contribution >= 4 is 15.9 Å². The Labute approximate surface area is 103 Å². The summed E-state index contributed by atoms with van der Waals surface area (Å²) in [6.07, 6.45) is 4.48. The topological polar surface area (TPSA) is 51.8 Å². The summed E-state index contributed by atoms with van der Waals surface area (Å²) >= 11 is 3.43. The maximum Gasteiger partial charge on any atom is 0.159 e. The van der Waals surface area contributed by atoms with E-state index in [4.69, 9.17) is 5.73 Å². The summed E-state index contributed by atoms with van der Waals surface area (Å²) in [4.78, 5) is 8.64. The molecule has 0 fully saturated rings. The maximum atomic E-state index is 5.47. The SMILES string of the molecule is NCCc1cnc(-c2cccc(Br)c2)nc1. The molecule has 0 unspecified atom stereocenters. The van der Waals surface area contributed by atoms with Gasteiger partial charge >= 0.3 is 0 Å². The van der Waals surface area contributed by atoms with Gasteiger partial charge in [-0.15, -0.1) is 0 Å². The van der Waals surface area contributed by atoms with Crippen LogP contribution in [0.1, 0.15) is 5.56 Å². The van der Waals surface area contributed by atoms with Crippen molar-refractivity contribution in [2.24, 2.45) is 5.73 Å². The van der Waals surface area contributed by atoms with Gasteiger partial charge in [-0.1, -0.05) is 28.1 Å². The standard InChI is InChI=1S/C12H12BrN3/c13-11-3-1-2-10(6-11)12-15-7-9(4-5-14)8-16-12/h1-3,6-8H,4-5,14H2. The fourth-order valence-electron chi connectivity index (χ4n) is 1.43. The van der Waals surface area contributed by atoms with Crippen molar-refractivity contribution in [1.29, 1.82) is 0 Å². The van der Waals surface area contributed by atoms with Crippen molar-refractivity contribution in [3.63, 3.8) is 0 Å². The molecule has 0 radical (unpaired) electrons. The Morgan fingerprint density at radius 3 is 2.56 bits per heavy atom. The number of halogens is 1. The molecule has 16 heavy (non-hydrogen) atoms. The highest BCUT2D eigenvalue weighted by molar-refractivity contribution is 9.10. The Morgan fingerprint density at radius 2 is 1.94 bits per heavy atom. The third kappa shape index (κ3) is 2.65. The monoisotopic (exact) mass is 277 g/mol. The minimum atomic E-state index is 0.625. The lowest BCUT2D eigenvalue weighted by atomic mass is 10.2. The first-order valence-corrected chi connectivity index (χ1v) is 5.86. The van der Waals surface area contributed by atoms with Crippen LogP contribution in [0.2, 0.25) is 0 Å². The smallest absolute Gasteiger partial charge is 0.159 e. The van der Waals surface area contributed by atoms with Gasteiger partial charge in [0.15, 0.2) is 5.82 Å². The Kier molecular flexibility index (Phi) is 3.64. The third-order valence-corrected chi connectivity index (χ3v) is 2.71. The summed E-state index contributed by atoms with van der Waals surface area (Å²) in [6, 6.07) is 7.93. The molecule has 1 aromatic heterocycles. The lowest BCUT2D eigenvalue weighted by Crippen LogP contribution is -2.03. The summed E-state index contributed by atoms with van der Waals surface area (Å²) in [7, 11) is 0. The maximum absolute atomic E-state index is 5.47. The van der Waals surface area contributed by atoms with Crippen molar-refractivity contribution in [2.45, 2.75) is 6.42 Å². The van der Waals surface area contributed by atoms with E-state index in [1.54, 1.807) is 0 Å². The fourth-order valence-corrected chi connectivity index (χ4v) is 1.83. The zero-order valence-corrected chi connectivity index (χ0v) is 10.3. The largest absolute Gasteiger partial charge is 0.330 e. The second-order valence-corrected chi connectivity index (χ2v) is 4.38.